The van der Waals surface area contributed by atoms with Gasteiger partial charge in [0.05, 0.1) is 7.11 Å². The van der Waals surface area contributed by atoms with Crippen molar-refractivity contribution in [2.45, 2.75) is 13.3 Å². The van der Waals surface area contributed by atoms with Gasteiger partial charge in [0.15, 0.2) is 0 Å². The molecule has 0 N–H and O–H groups in total. The maximum Gasteiger partial charge on any atom is 0.245 e. The zero-order valence-corrected chi connectivity index (χ0v) is 11.0. The van der Waals surface area contributed by atoms with Crippen molar-refractivity contribution in [3.63, 3.8) is 0 Å². The molecular weight excluding hydrogens is 240 g/mol. The Labute approximate surface area is 112 Å². The Hall–Kier alpha value is -2.36. The standard InChI is InChI=1S/C15H16N2O2/c1-3-12-4-6-13(7-5-12)16-17(18)14-8-10-15(19-2)11-9-14/h4-11H,3H2,1-2H3. The molecule has 4 nitrogen and oxygen atoms in total. The Kier molecular flexibility index (Phi) is 4.13. The predicted molar refractivity (Wildman–Crippen MR) is 74.2 cm³/mol. The number of aryl methyl sites for hydroxylation is 1. The van der Waals surface area contributed by atoms with Crippen LogP contribution >= 0.6 is 0 Å². The van der Waals surface area contributed by atoms with E-state index in [0.29, 0.717) is 22.0 Å². The molecule has 0 atom stereocenters. The first-order valence-electron chi connectivity index (χ1n) is 6.15. The van der Waals surface area contributed by atoms with Gasteiger partial charge in [-0.2, -0.15) is 0 Å². The van der Waals surface area contributed by atoms with Gasteiger partial charge in [0.1, 0.15) is 11.4 Å². The van der Waals surface area contributed by atoms with Gasteiger partial charge >= 0.3 is 0 Å². The number of hydrogen-bond donors (Lipinski definition) is 0. The van der Waals surface area contributed by atoms with E-state index in [1.165, 1.54) is 5.56 Å². The first-order chi connectivity index (χ1) is 9.22. The van der Waals surface area contributed by atoms with Crippen molar-refractivity contribution in [1.29, 1.82) is 0 Å². The number of methoxy groups -OCH3 is 1. The molecule has 19 heavy (non-hydrogen) atoms. The highest BCUT2D eigenvalue weighted by atomic mass is 16.5. The summed E-state index contributed by atoms with van der Waals surface area (Å²) in [5, 5.41) is 15.9. The third-order valence-electron chi connectivity index (χ3n) is 2.84. The quantitative estimate of drug-likeness (QED) is 0.468. The summed E-state index contributed by atoms with van der Waals surface area (Å²) < 4.78 is 5.04. The molecule has 2 rings (SSSR count). The van der Waals surface area contributed by atoms with E-state index in [2.05, 4.69) is 12.0 Å². The van der Waals surface area contributed by atoms with E-state index in [1.54, 1.807) is 31.4 Å². The fraction of sp³-hybridized carbons (Fsp3) is 0.200. The number of hydrogen-bond acceptors (Lipinski definition) is 3. The SMILES string of the molecule is CCc1ccc(N=[N+]([O-])c2ccc(OC)cc2)cc1. The van der Waals surface area contributed by atoms with E-state index >= 15 is 0 Å². The molecule has 0 spiro atoms. The van der Waals surface area contributed by atoms with Crippen molar-refractivity contribution in [2.75, 3.05) is 7.11 Å². The lowest BCUT2D eigenvalue weighted by atomic mass is 10.2. The Morgan fingerprint density at radius 1 is 1.05 bits per heavy atom. The lowest BCUT2D eigenvalue weighted by molar-refractivity contribution is -0.435. The van der Waals surface area contributed by atoms with Gasteiger partial charge < -0.3 is 9.94 Å². The van der Waals surface area contributed by atoms with Crippen molar-refractivity contribution in [3.8, 4) is 5.75 Å². The molecular formula is C15H16N2O2. The molecule has 0 aromatic heterocycles. The number of benzene rings is 2. The van der Waals surface area contributed by atoms with Gasteiger partial charge in [0, 0.05) is 17.2 Å². The minimum absolute atomic E-state index is 0.473. The highest BCUT2D eigenvalue weighted by molar-refractivity contribution is 5.39. The molecule has 0 heterocycles. The second-order valence-electron chi connectivity index (χ2n) is 4.09. The first kappa shape index (κ1) is 13.1. The first-order valence-corrected chi connectivity index (χ1v) is 6.15. The summed E-state index contributed by atoms with van der Waals surface area (Å²) in [6.07, 6.45) is 0.972. The van der Waals surface area contributed by atoms with E-state index in [4.69, 9.17) is 4.74 Å². The third-order valence-corrected chi connectivity index (χ3v) is 2.84. The van der Waals surface area contributed by atoms with E-state index in [-0.39, 0.29) is 0 Å². The molecule has 0 saturated heterocycles. The van der Waals surface area contributed by atoms with Crippen LogP contribution in [0.25, 0.3) is 0 Å². The van der Waals surface area contributed by atoms with E-state index < -0.39 is 0 Å². The zero-order chi connectivity index (χ0) is 13.7. The molecule has 0 aliphatic rings. The van der Waals surface area contributed by atoms with Gasteiger partial charge in [0.2, 0.25) is 5.69 Å². The minimum Gasteiger partial charge on any atom is -0.594 e. The van der Waals surface area contributed by atoms with E-state index in [9.17, 15) is 5.21 Å². The topological polar surface area (TPSA) is 47.7 Å². The van der Waals surface area contributed by atoms with Crippen molar-refractivity contribution >= 4 is 11.4 Å². The molecule has 0 bridgehead atoms. The van der Waals surface area contributed by atoms with Crippen LogP contribution in [-0.2, 0) is 6.42 Å². The van der Waals surface area contributed by atoms with Gasteiger partial charge in [-0.1, -0.05) is 23.9 Å². The van der Waals surface area contributed by atoms with Crippen LogP contribution in [0.5, 0.6) is 5.75 Å². The van der Waals surface area contributed by atoms with Crippen LogP contribution < -0.4 is 4.74 Å². The number of rotatable bonds is 4. The van der Waals surface area contributed by atoms with Gasteiger partial charge in [0.25, 0.3) is 0 Å². The molecule has 98 valence electrons. The second-order valence-corrected chi connectivity index (χ2v) is 4.09. The Morgan fingerprint density at radius 3 is 2.21 bits per heavy atom. The lowest BCUT2D eigenvalue weighted by Gasteiger charge is -2.02. The summed E-state index contributed by atoms with van der Waals surface area (Å²) in [5.41, 5.74) is 2.34. The molecule has 0 aliphatic carbocycles. The second kappa shape index (κ2) is 6.00. The van der Waals surface area contributed by atoms with Crippen LogP contribution in [0.3, 0.4) is 0 Å². The highest BCUT2D eigenvalue weighted by Crippen LogP contribution is 2.20. The Morgan fingerprint density at radius 2 is 1.68 bits per heavy atom. The van der Waals surface area contributed by atoms with Crippen LogP contribution in [0, 0.1) is 5.21 Å². The molecule has 0 unspecified atom stereocenters. The summed E-state index contributed by atoms with van der Waals surface area (Å²) in [4.78, 5) is 0.612. The molecule has 2 aromatic rings. The van der Waals surface area contributed by atoms with Crippen molar-refractivity contribution in [3.05, 3.63) is 59.3 Å². The monoisotopic (exact) mass is 256 g/mol. The summed E-state index contributed by atoms with van der Waals surface area (Å²) in [5.74, 6) is 0.712. The molecule has 4 heteroatoms. The van der Waals surface area contributed by atoms with Crippen LogP contribution in [-0.4, -0.2) is 12.0 Å². The van der Waals surface area contributed by atoms with E-state index in [1.807, 2.05) is 24.3 Å². The average Bonchev–Trinajstić information content (AvgIpc) is 2.48. The normalized spacial score (nSPS) is 11.4. The Bertz CT molecular complexity index is 560. The summed E-state index contributed by atoms with van der Waals surface area (Å²) >= 11 is 0. The molecule has 0 radical (unpaired) electrons. The van der Waals surface area contributed by atoms with Crippen molar-refractivity contribution < 1.29 is 9.60 Å². The maximum atomic E-state index is 11.9. The fourth-order valence-corrected chi connectivity index (χ4v) is 1.67. The largest absolute Gasteiger partial charge is 0.594 e. The summed E-state index contributed by atoms with van der Waals surface area (Å²) in [7, 11) is 1.59. The Balaban J connectivity index is 2.20. The predicted octanol–water partition coefficient (Wildman–Crippen LogP) is 4.18. The van der Waals surface area contributed by atoms with Crippen LogP contribution in [0.2, 0.25) is 0 Å². The van der Waals surface area contributed by atoms with Crippen LogP contribution in [0.15, 0.2) is 53.6 Å². The number of ether oxygens (including phenoxy) is 1. The maximum absolute atomic E-state index is 11.9. The summed E-state index contributed by atoms with van der Waals surface area (Å²) in [6.45, 7) is 2.09. The molecule has 0 fully saturated rings. The average molecular weight is 256 g/mol. The number of nitrogens with zero attached hydrogens (tertiary/aromatic N) is 2. The van der Waals surface area contributed by atoms with Gasteiger partial charge in [-0.3, -0.25) is 0 Å². The molecule has 0 amide bonds. The lowest BCUT2D eigenvalue weighted by Crippen LogP contribution is -1.91. The number of azo groups is 1. The van der Waals surface area contributed by atoms with Crippen molar-refractivity contribution in [2.24, 2.45) is 5.11 Å². The van der Waals surface area contributed by atoms with Crippen LogP contribution in [0.1, 0.15) is 12.5 Å². The third kappa shape index (κ3) is 3.31. The summed E-state index contributed by atoms with van der Waals surface area (Å²) in [6, 6.07) is 14.4. The van der Waals surface area contributed by atoms with Crippen molar-refractivity contribution in [1.82, 2.24) is 0 Å². The smallest absolute Gasteiger partial charge is 0.245 e. The zero-order valence-electron chi connectivity index (χ0n) is 11.0. The molecule has 0 aliphatic heterocycles. The van der Waals surface area contributed by atoms with Gasteiger partial charge in [-0.25, -0.2) is 0 Å². The molecule has 0 saturated carbocycles. The fourth-order valence-electron chi connectivity index (χ4n) is 1.67. The van der Waals surface area contributed by atoms with E-state index in [0.717, 1.165) is 6.42 Å². The minimum atomic E-state index is 0.473. The van der Waals surface area contributed by atoms with Crippen LogP contribution in [0.4, 0.5) is 11.4 Å². The molecule has 2 aromatic carbocycles. The van der Waals surface area contributed by atoms with Gasteiger partial charge in [-0.05, 0) is 36.2 Å². The van der Waals surface area contributed by atoms with Gasteiger partial charge in [-0.15, -0.1) is 0 Å². The highest BCUT2D eigenvalue weighted by Gasteiger charge is 2.04.